The molecule has 0 aliphatic rings. The predicted octanol–water partition coefficient (Wildman–Crippen LogP) is 2.75. The molecule has 1 aromatic heterocycles. The second kappa shape index (κ2) is 9.12. The fourth-order valence-corrected chi connectivity index (χ4v) is 2.80. The largest absolute Gasteiger partial charge is 0.277 e. The van der Waals surface area contributed by atoms with Gasteiger partial charge in [-0.3, -0.25) is 5.43 Å². The maximum Gasteiger partial charge on any atom is 0.244 e. The Balaban J connectivity index is 1.60. The number of anilines is 1. The van der Waals surface area contributed by atoms with Gasteiger partial charge in [-0.25, -0.2) is 14.3 Å². The number of aryl methyl sites for hydroxylation is 2. The second-order valence-electron chi connectivity index (χ2n) is 6.10. The van der Waals surface area contributed by atoms with Gasteiger partial charge in [0.05, 0.1) is 17.7 Å². The molecule has 6 heteroatoms. The molecular weight excluding hydrogens is 342 g/mol. The number of rotatable bonds is 8. The molecule has 26 heavy (non-hydrogen) atoms. The zero-order valence-electron chi connectivity index (χ0n) is 14.9. The van der Waals surface area contributed by atoms with Crippen LogP contribution in [0.1, 0.15) is 12.0 Å². The highest BCUT2D eigenvalue weighted by Crippen LogP contribution is 2.10. The first kappa shape index (κ1) is 18.1. The number of hydrazine groups is 2. The molecule has 0 saturated heterocycles. The van der Waals surface area contributed by atoms with Crippen LogP contribution in [0, 0.1) is 0 Å². The predicted molar refractivity (Wildman–Crippen MR) is 108 cm³/mol. The quantitative estimate of drug-likeness (QED) is 0.365. The number of hydrogen-bond acceptors (Lipinski definition) is 3. The van der Waals surface area contributed by atoms with Crippen molar-refractivity contribution in [1.82, 2.24) is 15.4 Å². The number of imidazole rings is 1. The molecule has 0 amide bonds. The molecule has 0 aliphatic carbocycles. The first-order valence-corrected chi connectivity index (χ1v) is 9.04. The van der Waals surface area contributed by atoms with E-state index < -0.39 is 0 Å². The molecule has 3 rings (SSSR count). The van der Waals surface area contributed by atoms with Crippen LogP contribution in [0.15, 0.2) is 79.4 Å². The Kier molecular flexibility index (Phi) is 6.35. The zero-order chi connectivity index (χ0) is 18.2. The summed E-state index contributed by atoms with van der Waals surface area (Å²) in [7, 11) is 2.00. The highest BCUT2D eigenvalue weighted by molar-refractivity contribution is 7.80. The van der Waals surface area contributed by atoms with E-state index in [1.165, 1.54) is 5.56 Å². The summed E-state index contributed by atoms with van der Waals surface area (Å²) in [6.45, 7) is 0.629. The van der Waals surface area contributed by atoms with Crippen LogP contribution in [0.4, 0.5) is 5.69 Å². The van der Waals surface area contributed by atoms with Crippen LogP contribution in [0.25, 0.3) is 0 Å². The van der Waals surface area contributed by atoms with Crippen molar-refractivity contribution in [2.45, 2.75) is 19.5 Å². The van der Waals surface area contributed by atoms with Crippen molar-refractivity contribution in [2.75, 3.05) is 5.12 Å². The van der Waals surface area contributed by atoms with Gasteiger partial charge in [0.2, 0.25) is 6.33 Å². The molecule has 0 radical (unpaired) electrons. The summed E-state index contributed by atoms with van der Waals surface area (Å²) in [4.78, 5) is 0.795. The summed E-state index contributed by atoms with van der Waals surface area (Å²) in [6, 6.07) is 20.5. The van der Waals surface area contributed by atoms with Gasteiger partial charge in [0.15, 0.2) is 6.67 Å². The van der Waals surface area contributed by atoms with E-state index in [4.69, 9.17) is 12.2 Å². The minimum atomic E-state index is 0.629. The van der Waals surface area contributed by atoms with E-state index in [9.17, 15) is 0 Å². The van der Waals surface area contributed by atoms with Crippen molar-refractivity contribution in [3.63, 3.8) is 0 Å². The van der Waals surface area contributed by atoms with Crippen molar-refractivity contribution >= 4 is 22.9 Å². The lowest BCUT2D eigenvalue weighted by molar-refractivity contribution is -0.671. The Labute approximate surface area is 159 Å². The highest BCUT2D eigenvalue weighted by Gasteiger charge is 2.10. The molecule has 0 fully saturated rings. The van der Waals surface area contributed by atoms with Gasteiger partial charge in [-0.2, -0.15) is 5.43 Å². The van der Waals surface area contributed by atoms with Crippen LogP contribution >= 0.6 is 12.2 Å². The Morgan fingerprint density at radius 1 is 1.08 bits per heavy atom. The molecule has 0 atom stereocenters. The molecular formula is C20H24N5S+. The topological polar surface area (TPSA) is 36.1 Å². The average Bonchev–Trinajstić information content (AvgIpc) is 3.10. The molecule has 2 aromatic carbocycles. The van der Waals surface area contributed by atoms with Gasteiger partial charge in [0, 0.05) is 6.42 Å². The first-order chi connectivity index (χ1) is 12.7. The smallest absolute Gasteiger partial charge is 0.244 e. The van der Waals surface area contributed by atoms with E-state index in [-0.39, 0.29) is 0 Å². The van der Waals surface area contributed by atoms with Crippen LogP contribution in [-0.2, 0) is 20.1 Å². The first-order valence-electron chi connectivity index (χ1n) is 8.64. The Morgan fingerprint density at radius 3 is 2.42 bits per heavy atom. The summed E-state index contributed by atoms with van der Waals surface area (Å²) in [6.07, 6.45) is 7.76. The Hall–Kier alpha value is -2.70. The monoisotopic (exact) mass is 366 g/mol. The number of para-hydroxylation sites is 1. The van der Waals surface area contributed by atoms with Crippen LogP contribution in [0.3, 0.4) is 0 Å². The third-order valence-corrected chi connectivity index (χ3v) is 4.27. The van der Waals surface area contributed by atoms with E-state index in [1.807, 2.05) is 71.9 Å². The Morgan fingerprint density at radius 2 is 1.77 bits per heavy atom. The number of nitrogens with zero attached hydrogens (tertiary/aromatic N) is 3. The minimum Gasteiger partial charge on any atom is -0.277 e. The van der Waals surface area contributed by atoms with E-state index in [0.29, 0.717) is 6.67 Å². The lowest BCUT2D eigenvalue weighted by Gasteiger charge is -2.26. The van der Waals surface area contributed by atoms with Gasteiger partial charge >= 0.3 is 0 Å². The number of benzene rings is 2. The van der Waals surface area contributed by atoms with Gasteiger partial charge < -0.3 is 0 Å². The summed E-state index contributed by atoms with van der Waals surface area (Å²) < 4.78 is 4.07. The molecule has 1 heterocycles. The fraction of sp³-hybridized carbons (Fsp3) is 0.200. The highest BCUT2D eigenvalue weighted by atomic mass is 32.1. The molecule has 2 N–H and O–H groups in total. The van der Waals surface area contributed by atoms with Crippen molar-refractivity contribution in [3.8, 4) is 0 Å². The zero-order valence-corrected chi connectivity index (χ0v) is 15.7. The normalized spacial score (nSPS) is 10.5. The average molecular weight is 367 g/mol. The third-order valence-electron chi connectivity index (χ3n) is 3.97. The molecule has 0 aliphatic heterocycles. The molecule has 0 unspecified atom stereocenters. The van der Waals surface area contributed by atoms with Crippen LogP contribution in [0.2, 0.25) is 0 Å². The summed E-state index contributed by atoms with van der Waals surface area (Å²) in [5.41, 5.74) is 8.99. The Bertz CT molecular complexity index is 816. The van der Waals surface area contributed by atoms with E-state index >= 15 is 0 Å². The van der Waals surface area contributed by atoms with Crippen LogP contribution in [-0.4, -0.2) is 9.56 Å². The summed E-state index contributed by atoms with van der Waals surface area (Å²) in [5.74, 6) is 0. The lowest BCUT2D eigenvalue weighted by atomic mass is 10.1. The van der Waals surface area contributed by atoms with Crippen LogP contribution < -0.4 is 20.5 Å². The minimum absolute atomic E-state index is 0.629. The molecule has 0 bridgehead atoms. The van der Waals surface area contributed by atoms with Crippen molar-refractivity contribution in [2.24, 2.45) is 7.05 Å². The molecule has 0 spiro atoms. The third kappa shape index (κ3) is 5.40. The van der Waals surface area contributed by atoms with Gasteiger partial charge in [-0.05, 0) is 24.1 Å². The lowest BCUT2D eigenvalue weighted by Crippen LogP contribution is -2.51. The number of aromatic nitrogens is 2. The second-order valence-corrected chi connectivity index (χ2v) is 6.59. The fourth-order valence-electron chi connectivity index (χ4n) is 2.60. The van der Waals surface area contributed by atoms with Gasteiger partial charge in [-0.1, -0.05) is 60.7 Å². The van der Waals surface area contributed by atoms with Crippen molar-refractivity contribution in [1.29, 1.82) is 0 Å². The molecule has 5 nitrogen and oxygen atoms in total. The van der Waals surface area contributed by atoms with E-state index in [0.717, 1.165) is 23.5 Å². The van der Waals surface area contributed by atoms with Gasteiger partial charge in [-0.15, -0.1) is 0 Å². The molecule has 134 valence electrons. The van der Waals surface area contributed by atoms with E-state index in [2.05, 4.69) is 39.7 Å². The number of nitrogens with one attached hydrogen (secondary N) is 2. The maximum absolute atomic E-state index is 5.56. The molecule has 3 aromatic rings. The maximum atomic E-state index is 5.56. The number of hydrogen-bond donors (Lipinski definition) is 2. The van der Waals surface area contributed by atoms with E-state index in [1.54, 1.807) is 0 Å². The summed E-state index contributed by atoms with van der Waals surface area (Å²) >= 11 is 5.56. The van der Waals surface area contributed by atoms with Crippen molar-refractivity contribution in [3.05, 3.63) is 84.9 Å². The standard InChI is InChI=1S/C20H23N5S/c1-23-14-15-24(17-23)16-21-25(19-10-6-3-7-11-19)22-20(26)13-12-18-8-4-2-5-9-18/h2-11,14-15,17,21H,12-13,16H2,1H3/p+1. The number of thiocarbonyl (C=S) groups is 1. The molecule has 0 saturated carbocycles. The van der Waals surface area contributed by atoms with Crippen molar-refractivity contribution < 1.29 is 4.57 Å². The van der Waals surface area contributed by atoms with Gasteiger partial charge in [0.25, 0.3) is 0 Å². The SMILES string of the molecule is C[n+]1ccn(CNN(NC(=S)CCc2ccccc2)c2ccccc2)c1. The van der Waals surface area contributed by atoms with Crippen LogP contribution in [0.5, 0.6) is 0 Å². The summed E-state index contributed by atoms with van der Waals surface area (Å²) in [5, 5.41) is 1.88. The van der Waals surface area contributed by atoms with Gasteiger partial charge in [0.1, 0.15) is 12.4 Å².